The van der Waals surface area contributed by atoms with Crippen molar-refractivity contribution in [2.75, 3.05) is 0 Å². The largest absolute Gasteiger partial charge is 0.457 e. The Kier molecular flexibility index (Phi) is 8.05. The van der Waals surface area contributed by atoms with Gasteiger partial charge in [0.2, 0.25) is 0 Å². The molecule has 0 fully saturated rings. The quantitative estimate of drug-likeness (QED) is 0.175. The first-order valence-corrected chi connectivity index (χ1v) is 13.8. The van der Waals surface area contributed by atoms with Crippen molar-refractivity contribution in [1.29, 1.82) is 0 Å². The van der Waals surface area contributed by atoms with Crippen molar-refractivity contribution in [2.24, 2.45) is 0 Å². The Morgan fingerprint density at radius 1 is 0.317 bits per heavy atom. The molecule has 0 atom stereocenters. The predicted octanol–water partition coefficient (Wildman–Crippen LogP) is 10.2. The van der Waals surface area contributed by atoms with Crippen LogP contribution in [-0.2, 0) is 12.8 Å². The summed E-state index contributed by atoms with van der Waals surface area (Å²) in [5, 5.41) is 0. The van der Waals surface area contributed by atoms with Crippen LogP contribution in [0, 0.1) is 0 Å². The van der Waals surface area contributed by atoms with Crippen molar-refractivity contribution in [3.63, 3.8) is 0 Å². The summed E-state index contributed by atoms with van der Waals surface area (Å²) >= 11 is 0. The van der Waals surface area contributed by atoms with Gasteiger partial charge in [-0.15, -0.1) is 0 Å². The molecule has 0 heterocycles. The Balaban J connectivity index is 1.15. The number of para-hydroxylation sites is 4. The number of ether oxygens (including phenoxy) is 3. The molecule has 41 heavy (non-hydrogen) atoms. The summed E-state index contributed by atoms with van der Waals surface area (Å²) in [4.78, 5) is 0. The standard InChI is InChI=1S/C38H30O3/c1-3-17-33(18-4-1)40-37-23-9-7-15-31(37)25-29-13-11-21-35(27-29)39-36-22-12-14-30(28-36)26-32-16-8-10-24-38(32)41-34-19-5-2-6-20-34/h1-24,27-28H,25-26H2. The first-order valence-electron chi connectivity index (χ1n) is 13.8. The lowest BCUT2D eigenvalue weighted by Crippen LogP contribution is -1.95. The molecule has 0 amide bonds. The second-order valence-corrected chi connectivity index (χ2v) is 9.80. The van der Waals surface area contributed by atoms with E-state index in [1.807, 2.05) is 121 Å². The lowest BCUT2D eigenvalue weighted by molar-refractivity contribution is 0.475. The summed E-state index contributed by atoms with van der Waals surface area (Å²) in [7, 11) is 0. The molecule has 0 aliphatic carbocycles. The van der Waals surface area contributed by atoms with Gasteiger partial charge in [-0.05, 0) is 82.9 Å². The molecular weight excluding hydrogens is 504 g/mol. The third-order valence-corrected chi connectivity index (χ3v) is 6.71. The first-order chi connectivity index (χ1) is 20.3. The Bertz CT molecular complexity index is 1580. The molecule has 0 saturated carbocycles. The maximum atomic E-state index is 6.32. The zero-order chi connectivity index (χ0) is 27.7. The molecular formula is C38H30O3. The molecule has 0 unspecified atom stereocenters. The minimum Gasteiger partial charge on any atom is -0.457 e. The van der Waals surface area contributed by atoms with Crippen molar-refractivity contribution in [2.45, 2.75) is 12.8 Å². The average Bonchev–Trinajstić information content (AvgIpc) is 3.01. The van der Waals surface area contributed by atoms with Gasteiger partial charge in [-0.1, -0.05) is 97.1 Å². The van der Waals surface area contributed by atoms with Crippen LogP contribution in [0.2, 0.25) is 0 Å². The third-order valence-electron chi connectivity index (χ3n) is 6.71. The van der Waals surface area contributed by atoms with E-state index in [1.165, 1.54) is 0 Å². The molecule has 3 heteroatoms. The van der Waals surface area contributed by atoms with Gasteiger partial charge in [0.25, 0.3) is 0 Å². The fourth-order valence-electron chi connectivity index (χ4n) is 4.74. The SMILES string of the molecule is c1ccc(Oc2ccccc2Cc2cccc(Oc3cccc(Cc4ccccc4Oc4ccccc4)c3)c2)cc1. The normalized spacial score (nSPS) is 10.6. The predicted molar refractivity (Wildman–Crippen MR) is 164 cm³/mol. The van der Waals surface area contributed by atoms with E-state index in [0.29, 0.717) is 0 Å². The van der Waals surface area contributed by atoms with Gasteiger partial charge in [-0.2, -0.15) is 0 Å². The van der Waals surface area contributed by atoms with Crippen molar-refractivity contribution in [3.05, 3.63) is 180 Å². The van der Waals surface area contributed by atoms with Crippen LogP contribution in [0.15, 0.2) is 158 Å². The molecule has 0 radical (unpaired) electrons. The fraction of sp³-hybridized carbons (Fsp3) is 0.0526. The van der Waals surface area contributed by atoms with Crippen LogP contribution >= 0.6 is 0 Å². The molecule has 0 saturated heterocycles. The second kappa shape index (κ2) is 12.7. The highest BCUT2D eigenvalue weighted by Gasteiger charge is 2.09. The van der Waals surface area contributed by atoms with Crippen molar-refractivity contribution in [3.8, 4) is 34.5 Å². The summed E-state index contributed by atoms with van der Waals surface area (Å²) in [6, 6.07) is 52.5. The van der Waals surface area contributed by atoms with E-state index >= 15 is 0 Å². The minimum absolute atomic E-state index is 0.735. The number of rotatable bonds is 10. The smallest absolute Gasteiger partial charge is 0.130 e. The molecule has 0 aliphatic rings. The maximum absolute atomic E-state index is 6.32. The minimum atomic E-state index is 0.735. The molecule has 0 bridgehead atoms. The molecule has 6 rings (SSSR count). The molecule has 3 nitrogen and oxygen atoms in total. The molecule has 0 aliphatic heterocycles. The number of benzene rings is 6. The zero-order valence-electron chi connectivity index (χ0n) is 22.7. The van der Waals surface area contributed by atoms with Crippen LogP contribution in [0.4, 0.5) is 0 Å². The highest BCUT2D eigenvalue weighted by Crippen LogP contribution is 2.31. The van der Waals surface area contributed by atoms with Crippen molar-refractivity contribution < 1.29 is 14.2 Å². The topological polar surface area (TPSA) is 27.7 Å². The van der Waals surface area contributed by atoms with Crippen molar-refractivity contribution >= 4 is 0 Å². The number of hydrogen-bond acceptors (Lipinski definition) is 3. The van der Waals surface area contributed by atoms with Crippen LogP contribution in [0.1, 0.15) is 22.3 Å². The monoisotopic (exact) mass is 534 g/mol. The van der Waals surface area contributed by atoms with E-state index < -0.39 is 0 Å². The molecule has 0 spiro atoms. The van der Waals surface area contributed by atoms with Crippen LogP contribution in [0.3, 0.4) is 0 Å². The van der Waals surface area contributed by atoms with Gasteiger partial charge < -0.3 is 14.2 Å². The third kappa shape index (κ3) is 7.03. The highest BCUT2D eigenvalue weighted by atomic mass is 16.5. The van der Waals surface area contributed by atoms with Gasteiger partial charge in [-0.25, -0.2) is 0 Å². The van der Waals surface area contributed by atoms with E-state index in [9.17, 15) is 0 Å². The van der Waals surface area contributed by atoms with Gasteiger partial charge in [0.05, 0.1) is 0 Å². The van der Waals surface area contributed by atoms with E-state index in [0.717, 1.165) is 69.6 Å². The summed E-state index contributed by atoms with van der Waals surface area (Å²) < 4.78 is 18.7. The Labute approximate surface area is 241 Å². The summed E-state index contributed by atoms with van der Waals surface area (Å²) in [5.41, 5.74) is 4.53. The fourth-order valence-corrected chi connectivity index (χ4v) is 4.74. The van der Waals surface area contributed by atoms with E-state index in [1.54, 1.807) is 0 Å². The van der Waals surface area contributed by atoms with Gasteiger partial charge in [0, 0.05) is 12.8 Å². The number of hydrogen-bond donors (Lipinski definition) is 0. The maximum Gasteiger partial charge on any atom is 0.130 e. The average molecular weight is 535 g/mol. The summed E-state index contributed by atoms with van der Waals surface area (Å²) in [6.45, 7) is 0. The molecule has 6 aromatic carbocycles. The van der Waals surface area contributed by atoms with Crippen LogP contribution < -0.4 is 14.2 Å². The zero-order valence-corrected chi connectivity index (χ0v) is 22.7. The van der Waals surface area contributed by atoms with Gasteiger partial charge in [0.15, 0.2) is 0 Å². The Hall–Kier alpha value is -5.28. The van der Waals surface area contributed by atoms with Crippen molar-refractivity contribution in [1.82, 2.24) is 0 Å². The Morgan fingerprint density at radius 3 is 1.17 bits per heavy atom. The molecule has 6 aromatic rings. The lowest BCUT2D eigenvalue weighted by atomic mass is 10.0. The Morgan fingerprint density at radius 2 is 0.707 bits per heavy atom. The highest BCUT2D eigenvalue weighted by molar-refractivity contribution is 5.45. The summed E-state index contributed by atoms with van der Waals surface area (Å²) in [6.07, 6.45) is 1.47. The molecule has 0 N–H and O–H groups in total. The van der Waals surface area contributed by atoms with E-state index in [4.69, 9.17) is 14.2 Å². The van der Waals surface area contributed by atoms with E-state index in [-0.39, 0.29) is 0 Å². The van der Waals surface area contributed by atoms with E-state index in [2.05, 4.69) is 36.4 Å². The van der Waals surface area contributed by atoms with Gasteiger partial charge in [0.1, 0.15) is 34.5 Å². The summed E-state index contributed by atoms with van der Waals surface area (Å²) in [5.74, 6) is 4.96. The van der Waals surface area contributed by atoms with Gasteiger partial charge >= 0.3 is 0 Å². The van der Waals surface area contributed by atoms with Crippen LogP contribution in [-0.4, -0.2) is 0 Å². The molecule has 200 valence electrons. The van der Waals surface area contributed by atoms with Crippen LogP contribution in [0.5, 0.6) is 34.5 Å². The molecule has 0 aromatic heterocycles. The first kappa shape index (κ1) is 26.0. The second-order valence-electron chi connectivity index (χ2n) is 9.80. The van der Waals surface area contributed by atoms with Crippen LogP contribution in [0.25, 0.3) is 0 Å². The van der Waals surface area contributed by atoms with Gasteiger partial charge in [-0.3, -0.25) is 0 Å². The lowest BCUT2D eigenvalue weighted by Gasteiger charge is -2.13.